The topological polar surface area (TPSA) is 42.5 Å². The van der Waals surface area contributed by atoms with Crippen LogP contribution in [-0.2, 0) is 9.78 Å². The lowest BCUT2D eigenvalue weighted by atomic mass is 10.7. The minimum Gasteiger partial charge on any atom is -0.274 e. The Morgan fingerprint density at radius 3 is 2.67 bits per heavy atom. The van der Waals surface area contributed by atoms with E-state index in [1.807, 2.05) is 0 Å². The van der Waals surface area contributed by atoms with Crippen LogP contribution in [0.4, 0.5) is 0 Å². The van der Waals surface area contributed by atoms with Crippen LogP contribution in [0.1, 0.15) is 0 Å². The van der Waals surface area contributed by atoms with Crippen LogP contribution in [0.3, 0.4) is 0 Å². The van der Waals surface area contributed by atoms with Crippen LogP contribution in [0.15, 0.2) is 0 Å². The standard InChI is InChI=1S/C2H6N2O2/c1-2-5-4-6-3-1/h3-4H,1-2H2. The molecule has 0 saturated carbocycles. The first-order chi connectivity index (χ1) is 3.00. The quantitative estimate of drug-likeness (QED) is 0.398. The maximum atomic E-state index is 4.53. The molecule has 0 aromatic carbocycles. The van der Waals surface area contributed by atoms with E-state index in [2.05, 4.69) is 20.9 Å². The zero-order chi connectivity index (χ0) is 4.24. The molecule has 0 radical (unpaired) electrons. The second-order valence-electron chi connectivity index (χ2n) is 0.928. The molecule has 1 aliphatic rings. The highest BCUT2D eigenvalue weighted by molar-refractivity contribution is 4.28. The normalized spacial score (nSPS) is 24.0. The maximum absolute atomic E-state index is 4.53. The Morgan fingerprint density at radius 2 is 2.50 bits per heavy atom. The van der Waals surface area contributed by atoms with Crippen molar-refractivity contribution >= 4 is 0 Å². The van der Waals surface area contributed by atoms with Gasteiger partial charge in [0.05, 0.1) is 6.61 Å². The summed E-state index contributed by atoms with van der Waals surface area (Å²) in [5.41, 5.74) is 4.72. The Morgan fingerprint density at radius 1 is 1.50 bits per heavy atom. The van der Waals surface area contributed by atoms with Crippen LogP contribution in [0.5, 0.6) is 0 Å². The van der Waals surface area contributed by atoms with Crippen LogP contribution >= 0.6 is 0 Å². The van der Waals surface area contributed by atoms with Crippen LogP contribution in [0.2, 0.25) is 0 Å². The molecule has 0 aromatic rings. The third kappa shape index (κ3) is 0.908. The fourth-order valence-corrected chi connectivity index (χ4v) is 0.244. The van der Waals surface area contributed by atoms with Crippen molar-refractivity contribution in [2.45, 2.75) is 0 Å². The second-order valence-corrected chi connectivity index (χ2v) is 0.928. The predicted molar refractivity (Wildman–Crippen MR) is 18.2 cm³/mol. The molecule has 0 aromatic heterocycles. The molecule has 0 atom stereocenters. The van der Waals surface area contributed by atoms with Gasteiger partial charge in [0.25, 0.3) is 0 Å². The number of rotatable bonds is 0. The molecule has 1 saturated heterocycles. The van der Waals surface area contributed by atoms with Crippen molar-refractivity contribution in [3.05, 3.63) is 0 Å². The molecule has 4 heteroatoms. The van der Waals surface area contributed by atoms with Crippen molar-refractivity contribution in [3.8, 4) is 0 Å². The van der Waals surface area contributed by atoms with Gasteiger partial charge in [-0.3, -0.25) is 4.84 Å². The Balaban J connectivity index is 2.00. The fourth-order valence-electron chi connectivity index (χ4n) is 0.244. The van der Waals surface area contributed by atoms with E-state index in [9.17, 15) is 0 Å². The van der Waals surface area contributed by atoms with E-state index in [0.717, 1.165) is 6.54 Å². The van der Waals surface area contributed by atoms with Gasteiger partial charge in [-0.15, -0.1) is 0 Å². The molecular weight excluding hydrogens is 84.0 g/mol. The van der Waals surface area contributed by atoms with E-state index in [4.69, 9.17) is 0 Å². The molecule has 0 bridgehead atoms. The number of hydrogen-bond donors (Lipinski definition) is 2. The molecule has 4 nitrogen and oxygen atoms in total. The molecule has 0 spiro atoms. The van der Waals surface area contributed by atoms with Crippen LogP contribution < -0.4 is 11.1 Å². The third-order valence-corrected chi connectivity index (χ3v) is 0.479. The molecule has 36 valence electrons. The van der Waals surface area contributed by atoms with Crippen LogP contribution in [0.25, 0.3) is 0 Å². The fraction of sp³-hybridized carbons (Fsp3) is 1.00. The second kappa shape index (κ2) is 2.09. The van der Waals surface area contributed by atoms with Crippen LogP contribution in [-0.4, -0.2) is 13.2 Å². The molecule has 0 unspecified atom stereocenters. The van der Waals surface area contributed by atoms with Crippen molar-refractivity contribution in [2.75, 3.05) is 13.2 Å². The van der Waals surface area contributed by atoms with Crippen molar-refractivity contribution in [1.82, 2.24) is 11.1 Å². The summed E-state index contributed by atoms with van der Waals surface area (Å²) in [6.45, 7) is 1.40. The number of hydrogen-bond acceptors (Lipinski definition) is 4. The van der Waals surface area contributed by atoms with Gasteiger partial charge in [-0.2, -0.15) is 10.4 Å². The average Bonchev–Trinajstić information content (AvgIpc) is 1.72. The summed E-state index contributed by atoms with van der Waals surface area (Å²) >= 11 is 0. The average molecular weight is 90.1 g/mol. The summed E-state index contributed by atoms with van der Waals surface area (Å²) in [5.74, 6) is 0. The summed E-state index contributed by atoms with van der Waals surface area (Å²) in [5, 5.41) is 0. The van der Waals surface area contributed by atoms with Gasteiger partial charge in [-0.05, 0) is 0 Å². The van der Waals surface area contributed by atoms with Crippen molar-refractivity contribution in [1.29, 1.82) is 0 Å². The molecule has 1 aliphatic heterocycles. The first-order valence-electron chi connectivity index (χ1n) is 1.75. The van der Waals surface area contributed by atoms with Gasteiger partial charge >= 0.3 is 0 Å². The Labute approximate surface area is 35.3 Å². The van der Waals surface area contributed by atoms with Crippen molar-refractivity contribution < 1.29 is 9.78 Å². The molecule has 1 rings (SSSR count). The van der Waals surface area contributed by atoms with Gasteiger partial charge < -0.3 is 0 Å². The van der Waals surface area contributed by atoms with E-state index >= 15 is 0 Å². The highest BCUT2D eigenvalue weighted by atomic mass is 17.0. The van der Waals surface area contributed by atoms with Crippen molar-refractivity contribution in [3.63, 3.8) is 0 Å². The number of hydroxylamine groups is 1. The van der Waals surface area contributed by atoms with E-state index in [1.54, 1.807) is 0 Å². The summed E-state index contributed by atoms with van der Waals surface area (Å²) in [6.07, 6.45) is 0. The smallest absolute Gasteiger partial charge is 0.0858 e. The molecule has 0 aliphatic carbocycles. The van der Waals surface area contributed by atoms with Gasteiger partial charge in [0.1, 0.15) is 0 Å². The van der Waals surface area contributed by atoms with Gasteiger partial charge in [0.2, 0.25) is 0 Å². The summed E-state index contributed by atoms with van der Waals surface area (Å²) in [6, 6.07) is 0. The first-order valence-corrected chi connectivity index (χ1v) is 1.75. The minimum absolute atomic E-state index is 0.653. The van der Waals surface area contributed by atoms with Gasteiger partial charge in [0.15, 0.2) is 0 Å². The lowest BCUT2D eigenvalue weighted by Gasteiger charge is -2.10. The van der Waals surface area contributed by atoms with E-state index in [1.165, 1.54) is 0 Å². The Bertz CT molecular complexity index is 25.0. The van der Waals surface area contributed by atoms with E-state index in [-0.39, 0.29) is 0 Å². The highest BCUT2D eigenvalue weighted by Gasteiger charge is 1.92. The third-order valence-electron chi connectivity index (χ3n) is 0.479. The minimum atomic E-state index is 0.653. The molecule has 1 heterocycles. The van der Waals surface area contributed by atoms with Gasteiger partial charge in [0, 0.05) is 6.54 Å². The number of nitrogens with one attached hydrogen (secondary N) is 2. The summed E-state index contributed by atoms with van der Waals surface area (Å²) < 4.78 is 0. The monoisotopic (exact) mass is 90.0 g/mol. The van der Waals surface area contributed by atoms with Crippen molar-refractivity contribution in [2.24, 2.45) is 0 Å². The largest absolute Gasteiger partial charge is 0.274 e. The molecule has 2 N–H and O–H groups in total. The lowest BCUT2D eigenvalue weighted by molar-refractivity contribution is -0.243. The van der Waals surface area contributed by atoms with Gasteiger partial charge in [-0.25, -0.2) is 0 Å². The zero-order valence-electron chi connectivity index (χ0n) is 3.23. The summed E-state index contributed by atoms with van der Waals surface area (Å²) in [4.78, 5) is 8.88. The molecule has 0 amide bonds. The predicted octanol–water partition coefficient (Wildman–Crippen LogP) is -1.04. The SMILES string of the molecule is C1CONON1. The molecule has 6 heavy (non-hydrogen) atoms. The Kier molecular flexibility index (Phi) is 1.40. The maximum Gasteiger partial charge on any atom is 0.0858 e. The highest BCUT2D eigenvalue weighted by Crippen LogP contribution is 1.70. The van der Waals surface area contributed by atoms with Gasteiger partial charge in [-0.1, -0.05) is 5.64 Å². The van der Waals surface area contributed by atoms with E-state index < -0.39 is 0 Å². The van der Waals surface area contributed by atoms with E-state index in [0.29, 0.717) is 6.61 Å². The Hall–Kier alpha value is -0.160. The van der Waals surface area contributed by atoms with Crippen LogP contribution in [0, 0.1) is 0 Å². The first kappa shape index (κ1) is 4.01. The zero-order valence-corrected chi connectivity index (χ0v) is 3.23. The summed E-state index contributed by atoms with van der Waals surface area (Å²) in [7, 11) is 0. The molecule has 1 fully saturated rings. The molecular formula is C2H6N2O2. The lowest BCUT2D eigenvalue weighted by Crippen LogP contribution is -2.36.